The number of nitriles is 1. The number of nitrogens with zero attached hydrogens (tertiary/aromatic N) is 2. The SMILES string of the molecule is [C-]#[N+]C(C(=O)OCC(CC)CCCC)=C(c1ccccc1)c1ccc(C#N)cc1. The van der Waals surface area contributed by atoms with Crippen molar-refractivity contribution in [3.8, 4) is 6.07 Å². The van der Waals surface area contributed by atoms with Crippen molar-refractivity contribution in [3.05, 3.63) is 88.4 Å². The average Bonchev–Trinajstić information content (AvgIpc) is 2.78. The molecule has 0 N–H and O–H groups in total. The summed E-state index contributed by atoms with van der Waals surface area (Å²) in [6, 6.07) is 18.3. The maximum Gasteiger partial charge on any atom is 0.336 e. The van der Waals surface area contributed by atoms with Crippen LogP contribution < -0.4 is 0 Å². The molecule has 0 aliphatic heterocycles. The fourth-order valence-electron chi connectivity index (χ4n) is 3.12. The van der Waals surface area contributed by atoms with Gasteiger partial charge in [0.15, 0.2) is 0 Å². The zero-order valence-electron chi connectivity index (χ0n) is 17.0. The first kappa shape index (κ1) is 21.9. The Morgan fingerprint density at radius 3 is 2.31 bits per heavy atom. The van der Waals surface area contributed by atoms with Crippen LogP contribution in [-0.2, 0) is 9.53 Å². The minimum atomic E-state index is -0.599. The van der Waals surface area contributed by atoms with Crippen molar-refractivity contribution in [2.24, 2.45) is 5.92 Å². The van der Waals surface area contributed by atoms with E-state index in [1.165, 1.54) is 0 Å². The molecule has 0 bridgehead atoms. The molecule has 4 heteroatoms. The van der Waals surface area contributed by atoms with Gasteiger partial charge in [-0.2, -0.15) is 5.26 Å². The maximum atomic E-state index is 12.8. The van der Waals surface area contributed by atoms with Crippen molar-refractivity contribution >= 4 is 11.5 Å². The topological polar surface area (TPSA) is 54.5 Å². The zero-order chi connectivity index (χ0) is 21.1. The number of hydrogen-bond acceptors (Lipinski definition) is 3. The third-order valence-corrected chi connectivity index (χ3v) is 4.90. The highest BCUT2D eigenvalue weighted by atomic mass is 16.5. The van der Waals surface area contributed by atoms with Crippen molar-refractivity contribution in [1.29, 1.82) is 5.26 Å². The second-order valence-electron chi connectivity index (χ2n) is 6.91. The lowest BCUT2D eigenvalue weighted by atomic mass is 9.95. The van der Waals surface area contributed by atoms with E-state index in [2.05, 4.69) is 24.8 Å². The molecule has 2 aromatic rings. The van der Waals surface area contributed by atoms with E-state index < -0.39 is 5.97 Å². The normalized spacial score (nSPS) is 12.3. The number of hydrogen-bond donors (Lipinski definition) is 0. The van der Waals surface area contributed by atoms with Gasteiger partial charge in [0.25, 0.3) is 5.70 Å². The van der Waals surface area contributed by atoms with Crippen molar-refractivity contribution in [2.45, 2.75) is 39.5 Å². The molecule has 0 aromatic heterocycles. The van der Waals surface area contributed by atoms with Gasteiger partial charge in [0.05, 0.1) is 24.8 Å². The largest absolute Gasteiger partial charge is 0.470 e. The average molecular weight is 386 g/mol. The highest BCUT2D eigenvalue weighted by molar-refractivity contribution is 6.03. The van der Waals surface area contributed by atoms with Crippen LogP contribution in [0.25, 0.3) is 10.4 Å². The number of unbranched alkanes of at least 4 members (excludes halogenated alkanes) is 1. The Balaban J connectivity index is 2.40. The minimum Gasteiger partial charge on any atom is -0.470 e. The molecule has 0 radical (unpaired) electrons. The molecule has 148 valence electrons. The fourth-order valence-corrected chi connectivity index (χ4v) is 3.12. The van der Waals surface area contributed by atoms with E-state index in [9.17, 15) is 4.79 Å². The Kier molecular flexibility index (Phi) is 8.67. The molecule has 2 rings (SSSR count). The first-order valence-electron chi connectivity index (χ1n) is 9.99. The number of esters is 1. The second-order valence-corrected chi connectivity index (χ2v) is 6.91. The van der Waals surface area contributed by atoms with Gasteiger partial charge in [-0.15, -0.1) is 0 Å². The van der Waals surface area contributed by atoms with Crippen molar-refractivity contribution in [3.63, 3.8) is 0 Å². The van der Waals surface area contributed by atoms with Crippen LogP contribution in [0.4, 0.5) is 0 Å². The van der Waals surface area contributed by atoms with Crippen molar-refractivity contribution < 1.29 is 9.53 Å². The standard InChI is InChI=1S/C25H26N2O2/c1-4-6-10-19(5-2)18-29-25(28)24(27-3)23(21-11-8-7-9-12-21)22-15-13-20(17-26)14-16-22/h7-9,11-16,19H,4-6,10,18H2,1-2H3. The summed E-state index contributed by atoms with van der Waals surface area (Å²) in [7, 11) is 0. The highest BCUT2D eigenvalue weighted by Gasteiger charge is 2.21. The molecule has 0 saturated heterocycles. The monoisotopic (exact) mass is 386 g/mol. The highest BCUT2D eigenvalue weighted by Crippen LogP contribution is 2.29. The number of rotatable bonds is 9. The summed E-state index contributed by atoms with van der Waals surface area (Å²) in [5.74, 6) is -0.292. The van der Waals surface area contributed by atoms with E-state index in [1.807, 2.05) is 30.3 Å². The molecule has 0 spiro atoms. The fraction of sp³-hybridized carbons (Fsp3) is 0.320. The van der Waals surface area contributed by atoms with Crippen LogP contribution in [0.1, 0.15) is 56.2 Å². The van der Waals surface area contributed by atoms with Gasteiger partial charge in [0.1, 0.15) is 0 Å². The molecule has 29 heavy (non-hydrogen) atoms. The summed E-state index contributed by atoms with van der Waals surface area (Å²) in [6.45, 7) is 12.2. The summed E-state index contributed by atoms with van der Waals surface area (Å²) in [5.41, 5.74) is 2.48. The van der Waals surface area contributed by atoms with Gasteiger partial charge in [-0.05, 0) is 35.6 Å². The summed E-state index contributed by atoms with van der Waals surface area (Å²) in [4.78, 5) is 16.4. The van der Waals surface area contributed by atoms with E-state index in [-0.39, 0.29) is 5.70 Å². The van der Waals surface area contributed by atoms with Crippen LogP contribution in [-0.4, -0.2) is 12.6 Å². The molecule has 1 atom stereocenters. The van der Waals surface area contributed by atoms with E-state index >= 15 is 0 Å². The maximum absolute atomic E-state index is 12.8. The Labute approximate surface area is 173 Å². The first-order valence-corrected chi connectivity index (χ1v) is 9.99. The van der Waals surface area contributed by atoms with Crippen LogP contribution >= 0.6 is 0 Å². The second kappa shape index (κ2) is 11.5. The zero-order valence-corrected chi connectivity index (χ0v) is 17.0. The molecule has 4 nitrogen and oxygen atoms in total. The molecule has 2 aromatic carbocycles. The summed E-state index contributed by atoms with van der Waals surface area (Å²) in [6.07, 6.45) is 4.15. The molecule has 0 heterocycles. The predicted octanol–water partition coefficient (Wildman–Crippen LogP) is 6.00. The van der Waals surface area contributed by atoms with Crippen LogP contribution in [0.15, 0.2) is 60.3 Å². The third kappa shape index (κ3) is 6.06. The lowest BCUT2D eigenvalue weighted by molar-refractivity contribution is -0.140. The third-order valence-electron chi connectivity index (χ3n) is 4.90. The lowest BCUT2D eigenvalue weighted by Gasteiger charge is -2.16. The van der Waals surface area contributed by atoms with Crippen LogP contribution in [0.5, 0.6) is 0 Å². The molecule has 0 fully saturated rings. The lowest BCUT2D eigenvalue weighted by Crippen LogP contribution is -2.15. The van der Waals surface area contributed by atoms with Gasteiger partial charge in [0.2, 0.25) is 0 Å². The van der Waals surface area contributed by atoms with E-state index in [0.717, 1.165) is 31.2 Å². The number of ether oxygens (including phenoxy) is 1. The Bertz CT molecular complexity index is 916. The smallest absolute Gasteiger partial charge is 0.336 e. The summed E-state index contributed by atoms with van der Waals surface area (Å²) < 4.78 is 5.55. The Morgan fingerprint density at radius 1 is 1.10 bits per heavy atom. The van der Waals surface area contributed by atoms with E-state index in [4.69, 9.17) is 16.6 Å². The van der Waals surface area contributed by atoms with Gasteiger partial charge >= 0.3 is 5.97 Å². The number of carbonyl (C=O) groups excluding carboxylic acids is 1. The molecular formula is C25H26N2O2. The van der Waals surface area contributed by atoms with E-state index in [1.54, 1.807) is 24.3 Å². The summed E-state index contributed by atoms with van der Waals surface area (Å²) >= 11 is 0. The number of carbonyl (C=O) groups is 1. The molecule has 0 aliphatic rings. The minimum absolute atomic E-state index is 0.0359. The van der Waals surface area contributed by atoms with Crippen molar-refractivity contribution in [1.82, 2.24) is 0 Å². The predicted molar refractivity (Wildman–Crippen MR) is 114 cm³/mol. The van der Waals surface area contributed by atoms with Gasteiger partial charge in [-0.25, -0.2) is 4.85 Å². The molecule has 0 aliphatic carbocycles. The van der Waals surface area contributed by atoms with Gasteiger partial charge in [0, 0.05) is 5.57 Å². The van der Waals surface area contributed by atoms with Crippen molar-refractivity contribution in [2.75, 3.05) is 6.61 Å². The molecule has 1 unspecified atom stereocenters. The molecule has 0 amide bonds. The van der Waals surface area contributed by atoms with Crippen LogP contribution in [0.2, 0.25) is 0 Å². The molecular weight excluding hydrogens is 360 g/mol. The Morgan fingerprint density at radius 2 is 1.76 bits per heavy atom. The summed E-state index contributed by atoms with van der Waals surface area (Å²) in [5, 5.41) is 9.05. The van der Waals surface area contributed by atoms with Crippen LogP contribution in [0, 0.1) is 23.8 Å². The Hall–Kier alpha value is -3.37. The first-order chi connectivity index (χ1) is 14.1. The number of benzene rings is 2. The molecule has 0 saturated carbocycles. The van der Waals surface area contributed by atoms with Gasteiger partial charge in [-0.3, -0.25) is 4.79 Å². The van der Waals surface area contributed by atoms with Gasteiger partial charge < -0.3 is 4.74 Å². The van der Waals surface area contributed by atoms with Crippen LogP contribution in [0.3, 0.4) is 0 Å². The van der Waals surface area contributed by atoms with Gasteiger partial charge in [-0.1, -0.05) is 75.6 Å². The quantitative estimate of drug-likeness (QED) is 0.302. The van der Waals surface area contributed by atoms with E-state index in [0.29, 0.717) is 29.2 Å².